The first kappa shape index (κ1) is 16.4. The summed E-state index contributed by atoms with van der Waals surface area (Å²) in [7, 11) is 0. The van der Waals surface area contributed by atoms with Crippen LogP contribution in [0.1, 0.15) is 55.4 Å². The second kappa shape index (κ2) is 5.85. The molecular weight excluding hydrogens is 212 g/mol. The summed E-state index contributed by atoms with van der Waals surface area (Å²) < 4.78 is 0. The molecule has 0 aromatic carbocycles. The van der Waals surface area contributed by atoms with Gasteiger partial charge in [-0.05, 0) is 39.3 Å². The lowest BCUT2D eigenvalue weighted by atomic mass is 9.84. The molecule has 0 radical (unpaired) electrons. The number of nitrogens with zero attached hydrogens (tertiary/aromatic N) is 1. The van der Waals surface area contributed by atoms with Crippen molar-refractivity contribution in [3.05, 3.63) is 0 Å². The lowest BCUT2D eigenvalue weighted by molar-refractivity contribution is -0.131. The Bertz CT molecular complexity index is 244. The van der Waals surface area contributed by atoms with Gasteiger partial charge in [-0.15, -0.1) is 0 Å². The van der Waals surface area contributed by atoms with Crippen LogP contribution in [0.4, 0.5) is 0 Å². The highest BCUT2D eigenvalue weighted by Gasteiger charge is 2.36. The quantitative estimate of drug-likeness (QED) is 0.822. The SMILES string of the molecule is CCN(CC)C(C(=O)NC(C)(C)C)C(C)(C)C. The Hall–Kier alpha value is -0.570. The zero-order chi connectivity index (χ0) is 13.9. The van der Waals surface area contributed by atoms with E-state index in [1.54, 1.807) is 0 Å². The highest BCUT2D eigenvalue weighted by Crippen LogP contribution is 2.25. The van der Waals surface area contributed by atoms with Crippen molar-refractivity contribution in [1.82, 2.24) is 10.2 Å². The van der Waals surface area contributed by atoms with Crippen molar-refractivity contribution in [2.75, 3.05) is 13.1 Å². The Kier molecular flexibility index (Phi) is 5.66. The smallest absolute Gasteiger partial charge is 0.238 e. The van der Waals surface area contributed by atoms with Gasteiger partial charge < -0.3 is 5.32 Å². The summed E-state index contributed by atoms with van der Waals surface area (Å²) in [5.74, 6) is 0.133. The summed E-state index contributed by atoms with van der Waals surface area (Å²) in [5.41, 5.74) is -0.227. The van der Waals surface area contributed by atoms with Crippen LogP contribution >= 0.6 is 0 Å². The van der Waals surface area contributed by atoms with Crippen LogP contribution in [0.3, 0.4) is 0 Å². The highest BCUT2D eigenvalue weighted by molar-refractivity contribution is 5.83. The van der Waals surface area contributed by atoms with Gasteiger partial charge in [0.2, 0.25) is 5.91 Å². The predicted molar refractivity (Wildman–Crippen MR) is 74.1 cm³/mol. The Morgan fingerprint density at radius 2 is 1.47 bits per heavy atom. The summed E-state index contributed by atoms with van der Waals surface area (Å²) in [5, 5.41) is 3.09. The molecule has 0 saturated heterocycles. The summed E-state index contributed by atoms with van der Waals surface area (Å²) >= 11 is 0. The molecule has 17 heavy (non-hydrogen) atoms. The molecule has 0 saturated carbocycles. The molecule has 0 aliphatic rings. The predicted octanol–water partition coefficient (Wildman–Crippen LogP) is 2.66. The minimum atomic E-state index is -0.173. The first-order valence-corrected chi connectivity index (χ1v) is 6.59. The summed E-state index contributed by atoms with van der Waals surface area (Å²) in [6, 6.07) is -0.0725. The fourth-order valence-electron chi connectivity index (χ4n) is 2.13. The normalized spacial score (nSPS) is 14.9. The summed E-state index contributed by atoms with van der Waals surface area (Å²) in [4.78, 5) is 14.6. The summed E-state index contributed by atoms with van der Waals surface area (Å²) in [6.45, 7) is 18.4. The van der Waals surface area contributed by atoms with E-state index in [9.17, 15) is 4.79 Å². The molecule has 1 N–H and O–H groups in total. The van der Waals surface area contributed by atoms with Crippen molar-refractivity contribution in [2.24, 2.45) is 5.41 Å². The van der Waals surface area contributed by atoms with Crippen molar-refractivity contribution in [2.45, 2.75) is 67.0 Å². The van der Waals surface area contributed by atoms with Crippen LogP contribution in [0, 0.1) is 5.41 Å². The topological polar surface area (TPSA) is 32.3 Å². The number of carbonyl (C=O) groups is 1. The number of rotatable bonds is 4. The van der Waals surface area contributed by atoms with Crippen LogP contribution in [0.5, 0.6) is 0 Å². The van der Waals surface area contributed by atoms with Crippen molar-refractivity contribution in [1.29, 1.82) is 0 Å². The second-order valence-electron chi connectivity index (χ2n) is 6.73. The minimum Gasteiger partial charge on any atom is -0.350 e. The van der Waals surface area contributed by atoms with Gasteiger partial charge in [-0.3, -0.25) is 9.69 Å². The largest absolute Gasteiger partial charge is 0.350 e. The third-order valence-corrected chi connectivity index (χ3v) is 2.74. The standard InChI is InChI=1S/C14H30N2O/c1-9-16(10-2)11(13(3,4)5)12(17)15-14(6,7)8/h11H,9-10H2,1-8H3,(H,15,17). The van der Waals surface area contributed by atoms with Crippen molar-refractivity contribution >= 4 is 5.91 Å². The molecule has 0 aliphatic heterocycles. The maximum atomic E-state index is 12.4. The van der Waals surface area contributed by atoms with E-state index >= 15 is 0 Å². The van der Waals surface area contributed by atoms with Crippen LogP contribution < -0.4 is 5.32 Å². The molecule has 1 unspecified atom stereocenters. The van der Waals surface area contributed by atoms with E-state index in [1.165, 1.54) is 0 Å². The van der Waals surface area contributed by atoms with Crippen LogP contribution in [0.25, 0.3) is 0 Å². The maximum Gasteiger partial charge on any atom is 0.238 e. The van der Waals surface area contributed by atoms with E-state index in [0.29, 0.717) is 0 Å². The minimum absolute atomic E-state index is 0.0542. The second-order valence-corrected chi connectivity index (χ2v) is 6.73. The molecule has 1 amide bonds. The number of nitrogens with one attached hydrogen (secondary N) is 1. The molecule has 0 heterocycles. The number of amides is 1. The molecule has 0 aliphatic carbocycles. The molecule has 3 nitrogen and oxygen atoms in total. The number of likely N-dealkylation sites (N-methyl/N-ethyl adjacent to an activating group) is 1. The van der Waals surface area contributed by atoms with Crippen LogP contribution in [0.15, 0.2) is 0 Å². The third-order valence-electron chi connectivity index (χ3n) is 2.74. The molecular formula is C14H30N2O. The van der Waals surface area contributed by atoms with Gasteiger partial charge in [-0.2, -0.15) is 0 Å². The molecule has 0 fully saturated rings. The summed E-state index contributed by atoms with van der Waals surface area (Å²) in [6.07, 6.45) is 0. The molecule has 0 spiro atoms. The first-order valence-electron chi connectivity index (χ1n) is 6.59. The van der Waals surface area contributed by atoms with Crippen LogP contribution in [0.2, 0.25) is 0 Å². The van der Waals surface area contributed by atoms with Crippen molar-refractivity contribution < 1.29 is 4.79 Å². The Morgan fingerprint density at radius 1 is 1.06 bits per heavy atom. The van der Waals surface area contributed by atoms with E-state index in [0.717, 1.165) is 13.1 Å². The van der Waals surface area contributed by atoms with Gasteiger partial charge in [-0.25, -0.2) is 0 Å². The maximum absolute atomic E-state index is 12.4. The lowest BCUT2D eigenvalue weighted by Gasteiger charge is -2.39. The van der Waals surface area contributed by atoms with E-state index in [4.69, 9.17) is 0 Å². The van der Waals surface area contributed by atoms with Gasteiger partial charge in [0.1, 0.15) is 0 Å². The number of carbonyl (C=O) groups excluding carboxylic acids is 1. The van der Waals surface area contributed by atoms with E-state index in [2.05, 4.69) is 44.8 Å². The number of hydrogen-bond donors (Lipinski definition) is 1. The fourth-order valence-corrected chi connectivity index (χ4v) is 2.13. The third kappa shape index (κ3) is 5.53. The average molecular weight is 242 g/mol. The molecule has 0 aromatic heterocycles. The van der Waals surface area contributed by atoms with E-state index < -0.39 is 0 Å². The van der Waals surface area contributed by atoms with Crippen LogP contribution in [-0.2, 0) is 4.79 Å². The zero-order valence-corrected chi connectivity index (χ0v) is 12.8. The van der Waals surface area contributed by atoms with Gasteiger partial charge in [0.25, 0.3) is 0 Å². The monoisotopic (exact) mass is 242 g/mol. The highest BCUT2D eigenvalue weighted by atomic mass is 16.2. The van der Waals surface area contributed by atoms with Crippen molar-refractivity contribution in [3.63, 3.8) is 0 Å². The Labute approximate surface area is 107 Å². The molecule has 102 valence electrons. The molecule has 3 heteroatoms. The first-order chi connectivity index (χ1) is 7.53. The van der Waals surface area contributed by atoms with Gasteiger partial charge in [0, 0.05) is 5.54 Å². The average Bonchev–Trinajstić information content (AvgIpc) is 2.08. The molecule has 0 rings (SSSR count). The molecule has 0 bridgehead atoms. The van der Waals surface area contributed by atoms with Gasteiger partial charge in [0.15, 0.2) is 0 Å². The number of hydrogen-bond acceptors (Lipinski definition) is 2. The van der Waals surface area contributed by atoms with Crippen molar-refractivity contribution in [3.8, 4) is 0 Å². The van der Waals surface area contributed by atoms with Gasteiger partial charge >= 0.3 is 0 Å². The van der Waals surface area contributed by atoms with Gasteiger partial charge in [0.05, 0.1) is 6.04 Å². The Morgan fingerprint density at radius 3 is 1.71 bits per heavy atom. The zero-order valence-electron chi connectivity index (χ0n) is 12.8. The molecule has 0 aromatic rings. The molecule has 1 atom stereocenters. The van der Waals surface area contributed by atoms with Gasteiger partial charge in [-0.1, -0.05) is 34.6 Å². The van der Waals surface area contributed by atoms with Crippen LogP contribution in [-0.4, -0.2) is 35.5 Å². The Balaban J connectivity index is 5.00. The fraction of sp³-hybridized carbons (Fsp3) is 0.929. The lowest BCUT2D eigenvalue weighted by Crippen LogP contribution is -2.57. The van der Waals surface area contributed by atoms with E-state index in [-0.39, 0.29) is 22.9 Å². The van der Waals surface area contributed by atoms with E-state index in [1.807, 2.05) is 20.8 Å².